The molecule has 0 saturated carbocycles. The molecule has 0 atom stereocenters. The number of allylic oxidation sites excluding steroid dienone is 4. The fourth-order valence-electron chi connectivity index (χ4n) is 3.21. The monoisotopic (exact) mass is 286 g/mol. The second-order valence-corrected chi connectivity index (χ2v) is 6.22. The molecule has 0 heterocycles. The van der Waals surface area contributed by atoms with Gasteiger partial charge < -0.3 is 0 Å². The third-order valence-electron chi connectivity index (χ3n) is 4.35. The summed E-state index contributed by atoms with van der Waals surface area (Å²) in [5, 5.41) is 0. The van der Waals surface area contributed by atoms with Gasteiger partial charge in [0.05, 0.1) is 0 Å². The Morgan fingerprint density at radius 1 is 1.09 bits per heavy atom. The average molecular weight is 286 g/mol. The first-order valence-electron chi connectivity index (χ1n) is 7.77. The Hall–Kier alpha value is -2.34. The average Bonchev–Trinajstić information content (AvgIpc) is 2.47. The Kier molecular flexibility index (Phi) is 3.85. The molecule has 0 amide bonds. The van der Waals surface area contributed by atoms with E-state index in [-0.39, 0.29) is 0 Å². The fraction of sp³-hybridized carbons (Fsp3) is 0.182. The summed E-state index contributed by atoms with van der Waals surface area (Å²) < 4.78 is 0. The molecule has 0 N–H and O–H groups in total. The summed E-state index contributed by atoms with van der Waals surface area (Å²) in [5.41, 5.74) is 10.2. The van der Waals surface area contributed by atoms with E-state index in [2.05, 4.69) is 75.6 Å². The first-order valence-corrected chi connectivity index (χ1v) is 7.77. The van der Waals surface area contributed by atoms with E-state index in [4.69, 9.17) is 0 Å². The third-order valence-corrected chi connectivity index (χ3v) is 4.35. The second-order valence-electron chi connectivity index (χ2n) is 6.22. The maximum absolute atomic E-state index is 4.31. The molecular formula is C22H22. The van der Waals surface area contributed by atoms with Gasteiger partial charge in [0.25, 0.3) is 0 Å². The zero-order valence-electron chi connectivity index (χ0n) is 13.4. The molecule has 22 heavy (non-hydrogen) atoms. The summed E-state index contributed by atoms with van der Waals surface area (Å²) in [5.74, 6) is 0. The highest BCUT2D eigenvalue weighted by Gasteiger charge is 2.10. The topological polar surface area (TPSA) is 0 Å². The van der Waals surface area contributed by atoms with Crippen molar-refractivity contribution in [3.63, 3.8) is 0 Å². The van der Waals surface area contributed by atoms with Crippen molar-refractivity contribution in [3.8, 4) is 0 Å². The molecule has 0 aromatic heterocycles. The van der Waals surface area contributed by atoms with E-state index in [1.165, 1.54) is 39.0 Å². The number of fused-ring (bicyclic) bond motifs is 1. The van der Waals surface area contributed by atoms with Gasteiger partial charge in [-0.25, -0.2) is 0 Å². The predicted molar refractivity (Wildman–Crippen MR) is 97.0 cm³/mol. The molecule has 1 aliphatic carbocycles. The van der Waals surface area contributed by atoms with Crippen molar-refractivity contribution in [2.45, 2.75) is 26.7 Å². The maximum Gasteiger partial charge on any atom is -0.00255 e. The van der Waals surface area contributed by atoms with Crippen LogP contribution in [0.3, 0.4) is 0 Å². The molecule has 0 heteroatoms. The van der Waals surface area contributed by atoms with Crippen molar-refractivity contribution in [2.75, 3.05) is 0 Å². The molecule has 0 aliphatic heterocycles. The van der Waals surface area contributed by atoms with Crippen LogP contribution in [0, 0.1) is 13.8 Å². The van der Waals surface area contributed by atoms with Crippen LogP contribution in [0.15, 0.2) is 61.7 Å². The van der Waals surface area contributed by atoms with Crippen LogP contribution >= 0.6 is 0 Å². The van der Waals surface area contributed by atoms with Crippen LogP contribution in [0.2, 0.25) is 0 Å². The summed E-state index contributed by atoms with van der Waals surface area (Å²) in [7, 11) is 0. The molecule has 1 aliphatic rings. The lowest BCUT2D eigenvalue weighted by Crippen LogP contribution is -1.99. The molecule has 0 bridgehead atoms. The van der Waals surface area contributed by atoms with E-state index in [9.17, 15) is 0 Å². The lowest BCUT2D eigenvalue weighted by atomic mass is 9.89. The van der Waals surface area contributed by atoms with Gasteiger partial charge in [-0.15, -0.1) is 0 Å². The van der Waals surface area contributed by atoms with Crippen molar-refractivity contribution >= 4 is 11.1 Å². The Balaban J connectivity index is 1.85. The maximum atomic E-state index is 4.31. The molecule has 2 aromatic carbocycles. The number of hydrogen-bond acceptors (Lipinski definition) is 0. The Morgan fingerprint density at radius 3 is 2.68 bits per heavy atom. The zero-order valence-corrected chi connectivity index (χ0v) is 13.4. The molecule has 110 valence electrons. The van der Waals surface area contributed by atoms with E-state index in [1.807, 2.05) is 0 Å². The van der Waals surface area contributed by atoms with Gasteiger partial charge in [0.15, 0.2) is 0 Å². The summed E-state index contributed by atoms with van der Waals surface area (Å²) in [4.78, 5) is 0. The Bertz CT molecular complexity index is 788. The molecule has 0 unspecified atom stereocenters. The SMILES string of the molecule is C=C(Cc1ccc2c(c1)CC=CC2=C)c1ccc(C)cc1C. The molecule has 0 spiro atoms. The first kappa shape index (κ1) is 14.6. The number of aryl methyl sites for hydroxylation is 2. The number of benzene rings is 2. The van der Waals surface area contributed by atoms with Gasteiger partial charge in [0.1, 0.15) is 0 Å². The van der Waals surface area contributed by atoms with Crippen LogP contribution in [0.1, 0.15) is 33.4 Å². The molecule has 0 radical (unpaired) electrons. The van der Waals surface area contributed by atoms with Gasteiger partial charge in [0.2, 0.25) is 0 Å². The molecule has 0 nitrogen and oxygen atoms in total. The first-order chi connectivity index (χ1) is 10.5. The smallest absolute Gasteiger partial charge is 0.00255 e. The minimum atomic E-state index is 0.896. The fourth-order valence-corrected chi connectivity index (χ4v) is 3.21. The highest BCUT2D eigenvalue weighted by Crippen LogP contribution is 2.28. The van der Waals surface area contributed by atoms with Gasteiger partial charge in [0, 0.05) is 0 Å². The van der Waals surface area contributed by atoms with Crippen LogP contribution in [0.25, 0.3) is 11.1 Å². The van der Waals surface area contributed by atoms with Crippen molar-refractivity contribution in [2.24, 2.45) is 0 Å². The standard InChI is InChI=1S/C22H22/c1-15-8-10-21(17(3)12-15)18(4)13-19-9-11-22-16(2)6-5-7-20(22)14-19/h5-6,8-12,14H,2,4,7,13H2,1,3H3. The quantitative estimate of drug-likeness (QED) is 0.680. The summed E-state index contributed by atoms with van der Waals surface area (Å²) in [6.07, 6.45) is 6.19. The minimum Gasteiger partial charge on any atom is -0.0949 e. The van der Waals surface area contributed by atoms with Gasteiger partial charge >= 0.3 is 0 Å². The van der Waals surface area contributed by atoms with E-state index in [0.717, 1.165) is 18.4 Å². The van der Waals surface area contributed by atoms with Crippen LogP contribution in [0.4, 0.5) is 0 Å². The highest BCUT2D eigenvalue weighted by atomic mass is 14.1. The Labute approximate surface area is 133 Å². The molecule has 3 rings (SSSR count). The zero-order chi connectivity index (χ0) is 15.7. The Morgan fingerprint density at radius 2 is 1.91 bits per heavy atom. The minimum absolute atomic E-state index is 0.896. The third kappa shape index (κ3) is 2.82. The molecule has 0 saturated heterocycles. The normalized spacial score (nSPS) is 13.1. The summed E-state index contributed by atoms with van der Waals surface area (Å²) in [6.45, 7) is 12.7. The van der Waals surface area contributed by atoms with E-state index >= 15 is 0 Å². The van der Waals surface area contributed by atoms with E-state index in [1.54, 1.807) is 0 Å². The predicted octanol–water partition coefficient (Wildman–Crippen LogP) is 5.68. The van der Waals surface area contributed by atoms with Gasteiger partial charge in [-0.2, -0.15) is 0 Å². The van der Waals surface area contributed by atoms with Crippen molar-refractivity contribution in [1.82, 2.24) is 0 Å². The van der Waals surface area contributed by atoms with Gasteiger partial charge in [-0.3, -0.25) is 0 Å². The molecular weight excluding hydrogens is 264 g/mol. The lowest BCUT2D eigenvalue weighted by molar-refractivity contribution is 1.18. The summed E-state index contributed by atoms with van der Waals surface area (Å²) in [6, 6.07) is 13.3. The second kappa shape index (κ2) is 5.81. The van der Waals surface area contributed by atoms with Crippen LogP contribution in [-0.4, -0.2) is 0 Å². The van der Waals surface area contributed by atoms with Crippen LogP contribution in [0.5, 0.6) is 0 Å². The van der Waals surface area contributed by atoms with Crippen molar-refractivity contribution in [3.05, 3.63) is 95.1 Å². The molecule has 2 aromatic rings. The largest absolute Gasteiger partial charge is 0.0949 e. The number of hydrogen-bond donors (Lipinski definition) is 0. The van der Waals surface area contributed by atoms with E-state index < -0.39 is 0 Å². The number of rotatable bonds is 3. The summed E-state index contributed by atoms with van der Waals surface area (Å²) >= 11 is 0. The van der Waals surface area contributed by atoms with Crippen LogP contribution < -0.4 is 0 Å². The molecule has 0 fully saturated rings. The van der Waals surface area contributed by atoms with E-state index in [0.29, 0.717) is 0 Å². The van der Waals surface area contributed by atoms with Crippen molar-refractivity contribution in [1.29, 1.82) is 0 Å². The van der Waals surface area contributed by atoms with Crippen molar-refractivity contribution < 1.29 is 0 Å². The van der Waals surface area contributed by atoms with Crippen LogP contribution in [-0.2, 0) is 12.8 Å². The highest BCUT2D eigenvalue weighted by molar-refractivity contribution is 5.77. The lowest BCUT2D eigenvalue weighted by Gasteiger charge is -2.16. The van der Waals surface area contributed by atoms with Gasteiger partial charge in [-0.05, 0) is 65.7 Å². The van der Waals surface area contributed by atoms with Gasteiger partial charge in [-0.1, -0.05) is 67.3 Å².